The number of carbonyl (C=O) groups is 12. The summed E-state index contributed by atoms with van der Waals surface area (Å²) in [4.78, 5) is 134. The molecule has 66 heavy (non-hydrogen) atoms. The molecule has 342 valence electrons. The van der Waals surface area contributed by atoms with E-state index in [-0.39, 0.29) is 146 Å². The van der Waals surface area contributed by atoms with Crippen LogP contribution in [0.4, 0.5) is 0 Å². The Balaban J connectivity index is -0.000000207. The van der Waals surface area contributed by atoms with Gasteiger partial charge in [0.2, 0.25) is 17.7 Å². The van der Waals surface area contributed by atoms with Gasteiger partial charge in [0.05, 0.1) is 33.4 Å². The number of primary amides is 3. The standard InChI is InChI=1S/3C13H14N2O6.3Na.3H/c3*14-11(18)7-3-1-2-4-8(7)12(19)15-9(13(20)21)5-6-10(16)17;;;;;;/h3*1-4,9H,5-6H2,(H2,14,18)(H,15,19)(H,16,17)(H,20,21);;;;;;/q;;;3*+1;3*-1/t3*9-;;;;;;/m000....../s1. The number of hydrogen-bond acceptors (Lipinski definition) is 12. The van der Waals surface area contributed by atoms with E-state index in [4.69, 9.17) is 47.8 Å². The van der Waals surface area contributed by atoms with E-state index in [1.54, 1.807) is 0 Å². The van der Waals surface area contributed by atoms with Crippen LogP contribution in [0.1, 0.15) is 105 Å². The molecule has 3 aromatic rings. The van der Waals surface area contributed by atoms with Crippen molar-refractivity contribution in [1.29, 1.82) is 0 Å². The van der Waals surface area contributed by atoms with Gasteiger partial charge in [0.25, 0.3) is 17.7 Å². The number of carbonyl (C=O) groups excluding carboxylic acids is 6. The van der Waals surface area contributed by atoms with E-state index in [1.165, 1.54) is 72.8 Å². The largest absolute Gasteiger partial charge is 1.00 e. The van der Waals surface area contributed by atoms with Crippen molar-refractivity contribution in [2.24, 2.45) is 17.2 Å². The van der Waals surface area contributed by atoms with Crippen molar-refractivity contribution >= 4 is 71.3 Å². The summed E-state index contributed by atoms with van der Waals surface area (Å²) in [5.41, 5.74) is 15.1. The number of rotatable bonds is 21. The van der Waals surface area contributed by atoms with Crippen molar-refractivity contribution in [1.82, 2.24) is 16.0 Å². The van der Waals surface area contributed by atoms with Crippen LogP contribution in [0.3, 0.4) is 0 Å². The third-order valence-electron chi connectivity index (χ3n) is 8.06. The molecule has 0 aromatic heterocycles. The van der Waals surface area contributed by atoms with Gasteiger partial charge in [-0.2, -0.15) is 0 Å². The van der Waals surface area contributed by atoms with E-state index in [0.717, 1.165) is 0 Å². The maximum absolute atomic E-state index is 12.0. The first-order valence-electron chi connectivity index (χ1n) is 17.9. The van der Waals surface area contributed by atoms with E-state index >= 15 is 0 Å². The van der Waals surface area contributed by atoms with Crippen molar-refractivity contribution in [2.75, 3.05) is 0 Å². The summed E-state index contributed by atoms with van der Waals surface area (Å²) in [7, 11) is 0. The molecule has 0 aliphatic heterocycles. The molecule has 3 aromatic carbocycles. The molecule has 0 aliphatic rings. The summed E-state index contributed by atoms with van der Waals surface area (Å²) >= 11 is 0. The average Bonchev–Trinajstić information content (AvgIpc) is 3.22. The first-order valence-corrected chi connectivity index (χ1v) is 17.9. The van der Waals surface area contributed by atoms with Crippen LogP contribution in [0.15, 0.2) is 72.8 Å². The van der Waals surface area contributed by atoms with Crippen molar-refractivity contribution in [3.05, 3.63) is 106 Å². The number of carboxylic acids is 6. The molecule has 0 saturated carbocycles. The van der Waals surface area contributed by atoms with E-state index < -0.39 is 109 Å². The molecule has 24 nitrogen and oxygen atoms in total. The average molecular weight is 955 g/mol. The molecule has 0 heterocycles. The van der Waals surface area contributed by atoms with Gasteiger partial charge in [-0.1, -0.05) is 36.4 Å². The maximum Gasteiger partial charge on any atom is 1.00 e. The second-order valence-corrected chi connectivity index (χ2v) is 12.6. The molecule has 0 unspecified atom stereocenters. The summed E-state index contributed by atoms with van der Waals surface area (Å²) in [5, 5.41) is 59.0. The third kappa shape index (κ3) is 23.5. The number of hydrogen-bond donors (Lipinski definition) is 12. The smallest absolute Gasteiger partial charge is 1.00 e. The van der Waals surface area contributed by atoms with E-state index in [9.17, 15) is 57.5 Å². The number of amides is 6. The van der Waals surface area contributed by atoms with Gasteiger partial charge in [-0.25, -0.2) is 14.4 Å². The Morgan fingerprint density at radius 2 is 0.561 bits per heavy atom. The van der Waals surface area contributed by atoms with Crippen molar-refractivity contribution < 1.29 is 181 Å². The molecule has 6 amide bonds. The van der Waals surface area contributed by atoms with E-state index in [2.05, 4.69) is 16.0 Å². The molecule has 0 spiro atoms. The summed E-state index contributed by atoms with van der Waals surface area (Å²) in [6.07, 6.45) is -2.03. The van der Waals surface area contributed by atoms with Gasteiger partial charge in [0, 0.05) is 19.3 Å². The Kier molecular flexibility index (Phi) is 32.2. The Morgan fingerprint density at radius 3 is 0.712 bits per heavy atom. The fourth-order valence-corrected chi connectivity index (χ4v) is 4.97. The SMILES string of the molecule is NC(=O)c1ccccc1C(=O)N[C@@H](CCC(=O)O)C(=O)O.NC(=O)c1ccccc1C(=O)N[C@@H](CCC(=O)O)C(=O)O.NC(=O)c1ccccc1C(=O)N[C@@H](CCC(=O)O)C(=O)O.[H-].[H-].[H-].[Na+].[Na+].[Na+]. The predicted octanol–water partition coefficient (Wildman–Crippen LogP) is -9.15. The van der Waals surface area contributed by atoms with Gasteiger partial charge in [-0.15, -0.1) is 0 Å². The molecule has 27 heteroatoms. The molecule has 0 saturated heterocycles. The van der Waals surface area contributed by atoms with Crippen LogP contribution in [0.25, 0.3) is 0 Å². The van der Waals surface area contributed by atoms with Crippen LogP contribution in [-0.2, 0) is 28.8 Å². The zero-order valence-corrected chi connectivity index (χ0v) is 41.7. The van der Waals surface area contributed by atoms with Crippen LogP contribution < -0.4 is 122 Å². The maximum atomic E-state index is 12.0. The molecule has 15 N–H and O–H groups in total. The molecule has 3 rings (SSSR count). The van der Waals surface area contributed by atoms with Gasteiger partial charge in [0.15, 0.2) is 0 Å². The second kappa shape index (κ2) is 32.9. The number of nitrogens with one attached hydrogen (secondary N) is 3. The topological polar surface area (TPSA) is 440 Å². The van der Waals surface area contributed by atoms with Gasteiger partial charge in [-0.3, -0.25) is 43.2 Å². The summed E-state index contributed by atoms with van der Waals surface area (Å²) in [6, 6.07) is 12.9. The van der Waals surface area contributed by atoms with Crippen molar-refractivity contribution in [2.45, 2.75) is 56.7 Å². The van der Waals surface area contributed by atoms with Gasteiger partial charge >= 0.3 is 124 Å². The molecule has 0 aliphatic carbocycles. The second-order valence-electron chi connectivity index (χ2n) is 12.6. The summed E-state index contributed by atoms with van der Waals surface area (Å²) in [6.45, 7) is 0. The summed E-state index contributed by atoms with van der Waals surface area (Å²) in [5.74, 6) is -12.5. The quantitative estimate of drug-likeness (QED) is 0.0441. The molecule has 0 fully saturated rings. The van der Waals surface area contributed by atoms with Crippen molar-refractivity contribution in [3.8, 4) is 0 Å². The Morgan fingerprint density at radius 1 is 0.379 bits per heavy atom. The van der Waals surface area contributed by atoms with Crippen LogP contribution in [-0.4, -0.2) is 120 Å². The Labute approximate surface area is 444 Å². The number of aliphatic carboxylic acids is 6. The van der Waals surface area contributed by atoms with Crippen LogP contribution in [0.2, 0.25) is 0 Å². The van der Waals surface area contributed by atoms with Crippen LogP contribution in [0, 0.1) is 0 Å². The van der Waals surface area contributed by atoms with E-state index in [0.29, 0.717) is 0 Å². The van der Waals surface area contributed by atoms with E-state index in [1.807, 2.05) is 0 Å². The zero-order chi connectivity index (χ0) is 48.0. The minimum absolute atomic E-state index is 0. The monoisotopic (exact) mass is 954 g/mol. The minimum Gasteiger partial charge on any atom is -1.00 e. The Hall–Kier alpha value is -5.70. The first kappa shape index (κ1) is 64.6. The summed E-state index contributed by atoms with van der Waals surface area (Å²) < 4.78 is 0. The molecule has 3 atom stereocenters. The normalized spacial score (nSPS) is 10.9. The fourth-order valence-electron chi connectivity index (χ4n) is 4.97. The Bertz CT molecular complexity index is 2030. The number of benzene rings is 3. The minimum atomic E-state index is -1.37. The van der Waals surface area contributed by atoms with Gasteiger partial charge in [-0.05, 0) is 55.7 Å². The number of nitrogens with two attached hydrogens (primary N) is 3. The molecular formula is C39H45N6Na3O18. The van der Waals surface area contributed by atoms with Gasteiger partial charge < -0.3 is 68.1 Å². The molecule has 0 radical (unpaired) electrons. The molecule has 0 bridgehead atoms. The fraction of sp³-hybridized carbons (Fsp3) is 0.231. The molecular weight excluding hydrogens is 909 g/mol. The predicted molar refractivity (Wildman–Crippen MR) is 215 cm³/mol. The number of carboxylic acid groups (broad SMARTS) is 6. The van der Waals surface area contributed by atoms with Crippen LogP contribution >= 0.6 is 0 Å². The zero-order valence-electron chi connectivity index (χ0n) is 38.7. The van der Waals surface area contributed by atoms with Crippen molar-refractivity contribution in [3.63, 3.8) is 0 Å². The van der Waals surface area contributed by atoms with Gasteiger partial charge in [0.1, 0.15) is 18.1 Å². The third-order valence-corrected chi connectivity index (χ3v) is 8.06. The van der Waals surface area contributed by atoms with Crippen LogP contribution in [0.5, 0.6) is 0 Å². The first-order chi connectivity index (χ1) is 29.5.